The van der Waals surface area contributed by atoms with Crippen LogP contribution < -0.4 is 10.1 Å². The molecule has 5 heteroatoms. The van der Waals surface area contributed by atoms with Gasteiger partial charge in [0.05, 0.1) is 18.6 Å². The highest BCUT2D eigenvalue weighted by atomic mass is 16.5. The molecule has 0 unspecified atom stereocenters. The number of carbonyl (C=O) groups is 2. The summed E-state index contributed by atoms with van der Waals surface area (Å²) >= 11 is 0. The van der Waals surface area contributed by atoms with Crippen molar-refractivity contribution in [1.29, 1.82) is 0 Å². The summed E-state index contributed by atoms with van der Waals surface area (Å²) < 4.78 is 5.46. The van der Waals surface area contributed by atoms with Crippen molar-refractivity contribution in [3.63, 3.8) is 0 Å². The monoisotopic (exact) mass is 448 g/mol. The van der Waals surface area contributed by atoms with Crippen LogP contribution in [0.1, 0.15) is 73.4 Å². The second-order valence-electron chi connectivity index (χ2n) is 9.85. The minimum absolute atomic E-state index is 0.0282. The van der Waals surface area contributed by atoms with Crippen LogP contribution in [0, 0.1) is 5.92 Å². The number of amides is 2. The minimum atomic E-state index is -0.442. The zero-order chi connectivity index (χ0) is 23.4. The van der Waals surface area contributed by atoms with Gasteiger partial charge < -0.3 is 15.0 Å². The highest BCUT2D eigenvalue weighted by Gasteiger charge is 2.54. The van der Waals surface area contributed by atoms with Gasteiger partial charge in [-0.15, -0.1) is 0 Å². The number of nitrogens with zero attached hydrogens (tertiary/aromatic N) is 1. The van der Waals surface area contributed by atoms with Gasteiger partial charge in [0, 0.05) is 18.7 Å². The third-order valence-electron chi connectivity index (χ3n) is 7.24. The van der Waals surface area contributed by atoms with E-state index in [0.717, 1.165) is 49.0 Å². The Bertz CT molecular complexity index is 994. The quantitative estimate of drug-likeness (QED) is 0.652. The number of nitrogens with one attached hydrogen (secondary N) is 1. The lowest BCUT2D eigenvalue weighted by molar-refractivity contribution is -0.127. The largest absolute Gasteiger partial charge is 0.496 e. The Hall–Kier alpha value is -2.82. The lowest BCUT2D eigenvalue weighted by Gasteiger charge is -2.54. The van der Waals surface area contributed by atoms with Crippen LogP contribution in [0.5, 0.6) is 5.75 Å². The predicted octanol–water partition coefficient (Wildman–Crippen LogP) is 4.95. The normalized spacial score (nSPS) is 19.5. The third kappa shape index (κ3) is 4.50. The maximum absolute atomic E-state index is 13.8. The lowest BCUT2D eigenvalue weighted by Crippen LogP contribution is -2.63. The van der Waals surface area contributed by atoms with Crippen LogP contribution in [-0.4, -0.2) is 42.5 Å². The molecule has 1 heterocycles. The minimum Gasteiger partial charge on any atom is -0.496 e. The Morgan fingerprint density at radius 3 is 2.52 bits per heavy atom. The second kappa shape index (κ2) is 9.98. The maximum atomic E-state index is 13.8. The molecule has 1 fully saturated rings. The summed E-state index contributed by atoms with van der Waals surface area (Å²) in [6, 6.07) is 15.6. The summed E-state index contributed by atoms with van der Waals surface area (Å²) in [4.78, 5) is 29.5. The van der Waals surface area contributed by atoms with Gasteiger partial charge in [-0.3, -0.25) is 9.59 Å². The molecule has 176 valence electrons. The Morgan fingerprint density at radius 1 is 1.09 bits per heavy atom. The number of ether oxygens (including phenoxy) is 1. The van der Waals surface area contributed by atoms with Gasteiger partial charge in [0.25, 0.3) is 5.91 Å². The van der Waals surface area contributed by atoms with E-state index in [1.807, 2.05) is 48.5 Å². The van der Waals surface area contributed by atoms with E-state index in [0.29, 0.717) is 31.0 Å². The van der Waals surface area contributed by atoms with E-state index in [4.69, 9.17) is 4.74 Å². The van der Waals surface area contributed by atoms with Gasteiger partial charge in [-0.2, -0.15) is 0 Å². The fourth-order valence-electron chi connectivity index (χ4n) is 5.81. The average molecular weight is 449 g/mol. The molecule has 1 spiro atoms. The molecule has 0 saturated heterocycles. The second-order valence-corrected chi connectivity index (χ2v) is 9.85. The van der Waals surface area contributed by atoms with E-state index >= 15 is 0 Å². The number of benzene rings is 2. The van der Waals surface area contributed by atoms with Gasteiger partial charge in [-0.05, 0) is 48.4 Å². The van der Waals surface area contributed by atoms with E-state index in [1.165, 1.54) is 0 Å². The van der Waals surface area contributed by atoms with Crippen LogP contribution in [0.2, 0.25) is 0 Å². The van der Waals surface area contributed by atoms with Gasteiger partial charge in [0.2, 0.25) is 5.91 Å². The molecular weight excluding hydrogens is 412 g/mol. The summed E-state index contributed by atoms with van der Waals surface area (Å²) in [5, 5.41) is 3.22. The summed E-state index contributed by atoms with van der Waals surface area (Å²) in [6.07, 6.45) is 5.72. The number of methoxy groups -OCH3 is 1. The molecule has 2 aliphatic rings. The van der Waals surface area contributed by atoms with Gasteiger partial charge >= 0.3 is 0 Å². The number of hydrogen-bond acceptors (Lipinski definition) is 3. The van der Waals surface area contributed by atoms with Gasteiger partial charge in [-0.25, -0.2) is 0 Å². The van der Waals surface area contributed by atoms with Crippen LogP contribution in [0.3, 0.4) is 0 Å². The molecule has 0 radical (unpaired) electrons. The van der Waals surface area contributed by atoms with E-state index in [9.17, 15) is 9.59 Å². The zero-order valence-corrected chi connectivity index (χ0v) is 20.1. The van der Waals surface area contributed by atoms with Crippen LogP contribution in [0.25, 0.3) is 0 Å². The van der Waals surface area contributed by atoms with Gasteiger partial charge in [0.1, 0.15) is 5.75 Å². The number of hydrogen-bond donors (Lipinski definition) is 1. The first kappa shape index (κ1) is 23.3. The zero-order valence-electron chi connectivity index (χ0n) is 20.1. The van der Waals surface area contributed by atoms with Crippen molar-refractivity contribution in [2.75, 3.05) is 20.2 Å². The average Bonchev–Trinajstić information content (AvgIpc) is 2.83. The van der Waals surface area contributed by atoms with E-state index < -0.39 is 5.54 Å². The predicted molar refractivity (Wildman–Crippen MR) is 131 cm³/mol. The van der Waals surface area contributed by atoms with Crippen molar-refractivity contribution in [2.24, 2.45) is 5.92 Å². The molecule has 4 rings (SSSR count). The fourth-order valence-corrected chi connectivity index (χ4v) is 5.81. The molecular formula is C28H36N2O3. The van der Waals surface area contributed by atoms with Crippen molar-refractivity contribution in [3.05, 3.63) is 65.2 Å². The molecule has 2 aromatic carbocycles. The lowest BCUT2D eigenvalue weighted by atomic mass is 9.65. The van der Waals surface area contributed by atoms with E-state index in [-0.39, 0.29) is 17.7 Å². The Balaban J connectivity index is 1.65. The van der Waals surface area contributed by atoms with Crippen LogP contribution in [0.4, 0.5) is 0 Å². The first-order valence-corrected chi connectivity index (χ1v) is 12.3. The maximum Gasteiger partial charge on any atom is 0.254 e. The summed E-state index contributed by atoms with van der Waals surface area (Å²) in [7, 11) is 1.67. The van der Waals surface area contributed by atoms with Crippen molar-refractivity contribution in [1.82, 2.24) is 10.2 Å². The van der Waals surface area contributed by atoms with E-state index in [2.05, 4.69) is 24.1 Å². The molecule has 1 aliphatic carbocycles. The van der Waals surface area contributed by atoms with Crippen LogP contribution >= 0.6 is 0 Å². The van der Waals surface area contributed by atoms with Crippen molar-refractivity contribution >= 4 is 11.8 Å². The van der Waals surface area contributed by atoms with Crippen LogP contribution in [0.15, 0.2) is 48.5 Å². The highest BCUT2D eigenvalue weighted by Crippen LogP contribution is 2.49. The topological polar surface area (TPSA) is 58.6 Å². The smallest absolute Gasteiger partial charge is 0.254 e. The molecule has 1 saturated carbocycles. The number of fused-ring (bicyclic) bond motifs is 1. The summed E-state index contributed by atoms with van der Waals surface area (Å²) in [6.45, 7) is 5.50. The number of carbonyl (C=O) groups excluding carboxylic acids is 2. The summed E-state index contributed by atoms with van der Waals surface area (Å²) in [5.74, 6) is 0.947. The molecule has 1 N–H and O–H groups in total. The molecule has 0 bridgehead atoms. The Labute approximate surface area is 197 Å². The highest BCUT2D eigenvalue weighted by molar-refractivity contribution is 6.02. The molecule has 5 nitrogen and oxygen atoms in total. The van der Waals surface area contributed by atoms with Crippen molar-refractivity contribution < 1.29 is 14.3 Å². The standard InChI is InChI=1S/C28H36N2O3/c1-20(2)19-30-27(32)23-13-7-6-12-22(23)25(28(30)16-9-4-10-17-28)26(31)29-18-15-21-11-5-8-14-24(21)33-3/h5-8,11-14,20,25H,4,9-10,15-19H2,1-3H3,(H,29,31)/t25-/m1/s1. The SMILES string of the molecule is COc1ccccc1CCNC(=O)[C@H]1c2ccccc2C(=O)N(CC(C)C)C12CCCCC2. The van der Waals surface area contributed by atoms with Gasteiger partial charge in [0.15, 0.2) is 0 Å². The van der Waals surface area contributed by atoms with Crippen molar-refractivity contribution in [3.8, 4) is 5.75 Å². The Morgan fingerprint density at radius 2 is 1.79 bits per heavy atom. The molecule has 1 atom stereocenters. The Kier molecular flexibility index (Phi) is 7.06. The number of rotatable bonds is 7. The number of para-hydroxylation sites is 1. The molecule has 2 aromatic rings. The first-order chi connectivity index (χ1) is 16.0. The van der Waals surface area contributed by atoms with Crippen LogP contribution in [-0.2, 0) is 11.2 Å². The first-order valence-electron chi connectivity index (χ1n) is 12.3. The van der Waals surface area contributed by atoms with Gasteiger partial charge in [-0.1, -0.05) is 69.5 Å². The molecule has 2 amide bonds. The summed E-state index contributed by atoms with van der Waals surface area (Å²) in [5.41, 5.74) is 2.20. The molecule has 1 aliphatic heterocycles. The van der Waals surface area contributed by atoms with E-state index in [1.54, 1.807) is 7.11 Å². The fraction of sp³-hybridized carbons (Fsp3) is 0.500. The molecule has 0 aromatic heterocycles. The van der Waals surface area contributed by atoms with Crippen molar-refractivity contribution in [2.45, 2.75) is 63.8 Å². The molecule has 33 heavy (non-hydrogen) atoms. The third-order valence-corrected chi connectivity index (χ3v) is 7.24.